The summed E-state index contributed by atoms with van der Waals surface area (Å²) in [7, 11) is 1.58. The SMILES string of the molecule is Cc1cc(-c2cncc(C3CC3)c2)c(C)cc1OCc1c(C)cccc1-n1nnn(C)c1=O. The van der Waals surface area contributed by atoms with Crippen molar-refractivity contribution in [2.24, 2.45) is 7.05 Å². The molecule has 0 radical (unpaired) electrons. The van der Waals surface area contributed by atoms with E-state index in [-0.39, 0.29) is 5.69 Å². The summed E-state index contributed by atoms with van der Waals surface area (Å²) in [5.74, 6) is 1.50. The van der Waals surface area contributed by atoms with Crippen LogP contribution < -0.4 is 10.4 Å². The largest absolute Gasteiger partial charge is 0.489 e. The quantitative estimate of drug-likeness (QED) is 0.443. The molecule has 0 unspecified atom stereocenters. The van der Waals surface area contributed by atoms with Crippen LogP contribution in [0.1, 0.15) is 46.6 Å². The van der Waals surface area contributed by atoms with E-state index in [0.29, 0.717) is 18.2 Å². The first kappa shape index (κ1) is 21.1. The molecule has 7 heteroatoms. The summed E-state index contributed by atoms with van der Waals surface area (Å²) in [4.78, 5) is 16.9. The smallest absolute Gasteiger partial charge is 0.368 e. The first-order chi connectivity index (χ1) is 15.9. The lowest BCUT2D eigenvalue weighted by Gasteiger charge is -2.16. The number of hydrogen-bond donors (Lipinski definition) is 0. The molecule has 1 saturated carbocycles. The van der Waals surface area contributed by atoms with Crippen molar-refractivity contribution < 1.29 is 4.74 Å². The topological polar surface area (TPSA) is 74.8 Å². The molecule has 5 rings (SSSR count). The average molecular weight is 442 g/mol. The number of tetrazole rings is 1. The van der Waals surface area contributed by atoms with Gasteiger partial charge in [0, 0.05) is 30.6 Å². The zero-order valence-electron chi connectivity index (χ0n) is 19.4. The second kappa shape index (κ2) is 8.31. The van der Waals surface area contributed by atoms with Gasteiger partial charge in [0.15, 0.2) is 0 Å². The summed E-state index contributed by atoms with van der Waals surface area (Å²) in [6.07, 6.45) is 6.45. The molecule has 168 valence electrons. The molecule has 1 aliphatic carbocycles. The van der Waals surface area contributed by atoms with Crippen LogP contribution in [0.25, 0.3) is 16.8 Å². The second-order valence-corrected chi connectivity index (χ2v) is 8.87. The molecule has 0 N–H and O–H groups in total. The predicted molar refractivity (Wildman–Crippen MR) is 127 cm³/mol. The minimum atomic E-state index is -0.291. The number of benzene rings is 2. The van der Waals surface area contributed by atoms with Crippen LogP contribution in [0.3, 0.4) is 0 Å². The van der Waals surface area contributed by atoms with E-state index in [1.165, 1.54) is 33.3 Å². The number of aromatic nitrogens is 5. The summed E-state index contributed by atoms with van der Waals surface area (Å²) in [5, 5.41) is 7.84. The molecule has 0 spiro atoms. The maximum atomic E-state index is 12.4. The van der Waals surface area contributed by atoms with Crippen molar-refractivity contribution in [1.29, 1.82) is 0 Å². The van der Waals surface area contributed by atoms with E-state index in [0.717, 1.165) is 33.6 Å². The summed E-state index contributed by atoms with van der Waals surface area (Å²) in [6.45, 7) is 6.49. The predicted octanol–water partition coefficient (Wildman–Crippen LogP) is 4.41. The minimum absolute atomic E-state index is 0.291. The van der Waals surface area contributed by atoms with E-state index in [1.54, 1.807) is 7.05 Å². The molecule has 0 amide bonds. The van der Waals surface area contributed by atoms with Gasteiger partial charge in [-0.2, -0.15) is 9.36 Å². The number of rotatable bonds is 6. The van der Waals surface area contributed by atoms with Gasteiger partial charge in [0.25, 0.3) is 0 Å². The van der Waals surface area contributed by atoms with Gasteiger partial charge in [0.1, 0.15) is 12.4 Å². The molecule has 2 aromatic heterocycles. The molecule has 4 aromatic rings. The van der Waals surface area contributed by atoms with Crippen LogP contribution in [0.4, 0.5) is 0 Å². The Morgan fingerprint density at radius 1 is 1.00 bits per heavy atom. The highest BCUT2D eigenvalue weighted by molar-refractivity contribution is 5.69. The van der Waals surface area contributed by atoms with Crippen molar-refractivity contribution >= 4 is 0 Å². The Bertz CT molecular complexity index is 1400. The summed E-state index contributed by atoms with van der Waals surface area (Å²) in [5.41, 5.74) is 8.17. The third-order valence-electron chi connectivity index (χ3n) is 6.35. The van der Waals surface area contributed by atoms with Crippen LogP contribution in [-0.2, 0) is 13.7 Å². The van der Waals surface area contributed by atoms with Crippen molar-refractivity contribution in [3.63, 3.8) is 0 Å². The standard InChI is InChI=1S/C26H27N5O2/c1-16-6-5-7-24(31-26(32)30(4)28-29-31)23(16)15-33-25-11-17(2)22(10-18(25)3)21-12-20(13-27-14-21)19-8-9-19/h5-7,10-14,19H,8-9,15H2,1-4H3. The van der Waals surface area contributed by atoms with Gasteiger partial charge in [-0.25, -0.2) is 4.79 Å². The second-order valence-electron chi connectivity index (χ2n) is 8.87. The van der Waals surface area contributed by atoms with Crippen molar-refractivity contribution in [3.05, 3.63) is 87.1 Å². The number of nitrogens with zero attached hydrogens (tertiary/aromatic N) is 5. The Morgan fingerprint density at radius 2 is 1.82 bits per heavy atom. The van der Waals surface area contributed by atoms with E-state index >= 15 is 0 Å². The van der Waals surface area contributed by atoms with E-state index < -0.39 is 0 Å². The van der Waals surface area contributed by atoms with Crippen molar-refractivity contribution in [1.82, 2.24) is 24.8 Å². The molecular formula is C26H27N5O2. The Kier molecular flexibility index (Phi) is 5.32. The van der Waals surface area contributed by atoms with E-state index in [2.05, 4.69) is 47.5 Å². The Hall–Kier alpha value is -3.74. The minimum Gasteiger partial charge on any atom is -0.489 e. The van der Waals surface area contributed by atoms with Gasteiger partial charge in [0.05, 0.1) is 5.69 Å². The fraction of sp³-hybridized carbons (Fsp3) is 0.308. The summed E-state index contributed by atoms with van der Waals surface area (Å²) < 4.78 is 8.80. The van der Waals surface area contributed by atoms with Crippen LogP contribution in [-0.4, -0.2) is 24.8 Å². The zero-order chi connectivity index (χ0) is 23.1. The molecule has 1 fully saturated rings. The molecule has 2 heterocycles. The molecule has 0 bridgehead atoms. The third-order valence-corrected chi connectivity index (χ3v) is 6.35. The molecule has 33 heavy (non-hydrogen) atoms. The molecule has 7 nitrogen and oxygen atoms in total. The molecule has 0 aliphatic heterocycles. The maximum Gasteiger partial charge on any atom is 0.368 e. The van der Waals surface area contributed by atoms with Gasteiger partial charge in [-0.05, 0) is 102 Å². The number of hydrogen-bond acceptors (Lipinski definition) is 5. The van der Waals surface area contributed by atoms with E-state index in [9.17, 15) is 4.79 Å². The molecule has 0 saturated heterocycles. The van der Waals surface area contributed by atoms with Gasteiger partial charge in [-0.1, -0.05) is 12.1 Å². The summed E-state index contributed by atoms with van der Waals surface area (Å²) >= 11 is 0. The average Bonchev–Trinajstić information content (AvgIpc) is 3.61. The van der Waals surface area contributed by atoms with Gasteiger partial charge in [0.2, 0.25) is 0 Å². The van der Waals surface area contributed by atoms with Crippen molar-refractivity contribution in [3.8, 4) is 22.6 Å². The summed E-state index contributed by atoms with van der Waals surface area (Å²) in [6, 6.07) is 12.3. The number of ether oxygens (including phenoxy) is 1. The van der Waals surface area contributed by atoms with Gasteiger partial charge in [-0.15, -0.1) is 0 Å². The van der Waals surface area contributed by atoms with Gasteiger partial charge >= 0.3 is 5.69 Å². The highest BCUT2D eigenvalue weighted by Gasteiger charge is 2.24. The van der Waals surface area contributed by atoms with Crippen molar-refractivity contribution in [2.75, 3.05) is 0 Å². The Morgan fingerprint density at radius 3 is 2.55 bits per heavy atom. The number of aryl methyl sites for hydroxylation is 4. The highest BCUT2D eigenvalue weighted by atomic mass is 16.5. The first-order valence-electron chi connectivity index (χ1n) is 11.2. The van der Waals surface area contributed by atoms with Crippen LogP contribution >= 0.6 is 0 Å². The van der Waals surface area contributed by atoms with E-state index in [4.69, 9.17) is 4.74 Å². The van der Waals surface area contributed by atoms with Gasteiger partial charge in [-0.3, -0.25) is 4.98 Å². The lowest BCUT2D eigenvalue weighted by Crippen LogP contribution is -2.23. The first-order valence-corrected chi connectivity index (χ1v) is 11.2. The molecule has 1 aliphatic rings. The van der Waals surface area contributed by atoms with Crippen molar-refractivity contribution in [2.45, 2.75) is 46.1 Å². The third kappa shape index (κ3) is 4.06. The zero-order valence-corrected chi connectivity index (χ0v) is 19.4. The van der Waals surface area contributed by atoms with Crippen LogP contribution in [0.2, 0.25) is 0 Å². The monoisotopic (exact) mass is 441 g/mol. The lowest BCUT2D eigenvalue weighted by atomic mass is 9.97. The van der Waals surface area contributed by atoms with E-state index in [1.807, 2.05) is 37.5 Å². The fourth-order valence-electron chi connectivity index (χ4n) is 4.19. The number of pyridine rings is 1. The molecule has 0 atom stereocenters. The van der Waals surface area contributed by atoms with Crippen LogP contribution in [0.15, 0.2) is 53.6 Å². The van der Waals surface area contributed by atoms with Crippen LogP contribution in [0, 0.1) is 20.8 Å². The highest BCUT2D eigenvalue weighted by Crippen LogP contribution is 2.41. The normalized spacial score (nSPS) is 13.3. The molecule has 2 aromatic carbocycles. The fourth-order valence-corrected chi connectivity index (χ4v) is 4.19. The Labute approximate surface area is 192 Å². The molecular weight excluding hydrogens is 414 g/mol. The Balaban J connectivity index is 1.44. The lowest BCUT2D eigenvalue weighted by molar-refractivity contribution is 0.302. The van der Waals surface area contributed by atoms with Crippen LogP contribution in [0.5, 0.6) is 5.75 Å². The maximum absolute atomic E-state index is 12.4. The van der Waals surface area contributed by atoms with Gasteiger partial charge < -0.3 is 4.74 Å².